The Morgan fingerprint density at radius 2 is 1.84 bits per heavy atom. The molecule has 2 aromatic carbocycles. The normalized spacial score (nSPS) is 10.9. The third kappa shape index (κ3) is 3.39. The second-order valence-electron chi connectivity index (χ2n) is 5.58. The summed E-state index contributed by atoms with van der Waals surface area (Å²) in [5.74, 6) is 1.15. The number of fused-ring (bicyclic) bond motifs is 1. The van der Waals surface area contributed by atoms with E-state index in [0.717, 1.165) is 27.7 Å². The second-order valence-corrected chi connectivity index (χ2v) is 6.65. The van der Waals surface area contributed by atoms with Crippen molar-refractivity contribution < 1.29 is 9.84 Å². The molecule has 0 radical (unpaired) electrons. The molecule has 0 spiro atoms. The number of H-pyrrole nitrogens is 1. The molecule has 5 nitrogen and oxygen atoms in total. The minimum absolute atomic E-state index is 0.0595. The molecule has 0 bridgehead atoms. The fraction of sp³-hybridized carbons (Fsp3) is 0.0526. The Hall–Kier alpha value is -3.12. The summed E-state index contributed by atoms with van der Waals surface area (Å²) in [5.41, 5.74) is 0.976. The predicted molar refractivity (Wildman–Crippen MR) is 97.7 cm³/mol. The van der Waals surface area contributed by atoms with Gasteiger partial charge in [-0.15, -0.1) is 0 Å². The molecule has 0 aliphatic heterocycles. The third-order valence-electron chi connectivity index (χ3n) is 3.82. The molecule has 2 heterocycles. The van der Waals surface area contributed by atoms with Gasteiger partial charge in [-0.25, -0.2) is 4.98 Å². The molecule has 0 atom stereocenters. The topological polar surface area (TPSA) is 75.2 Å². The van der Waals surface area contributed by atoms with Crippen molar-refractivity contribution >= 4 is 22.1 Å². The molecule has 0 amide bonds. The number of aromatic nitrogens is 2. The van der Waals surface area contributed by atoms with Gasteiger partial charge in [-0.1, -0.05) is 47.7 Å². The summed E-state index contributed by atoms with van der Waals surface area (Å²) in [6.07, 6.45) is 2.28. The van der Waals surface area contributed by atoms with Gasteiger partial charge in [0.25, 0.3) is 0 Å². The number of pyridine rings is 1. The number of benzene rings is 2. The molecule has 0 fully saturated rings. The van der Waals surface area contributed by atoms with Crippen LogP contribution >= 0.6 is 11.3 Å². The number of aromatic hydroxyl groups is 1. The maximum absolute atomic E-state index is 11.2. The number of ether oxygens (including phenoxy) is 1. The molecule has 0 unspecified atom stereocenters. The number of hydrogen-bond acceptors (Lipinski definition) is 5. The monoisotopic (exact) mass is 350 g/mol. The third-order valence-corrected chi connectivity index (χ3v) is 4.69. The Morgan fingerprint density at radius 3 is 2.56 bits per heavy atom. The summed E-state index contributed by atoms with van der Waals surface area (Å²) in [5, 5.41) is 11.8. The van der Waals surface area contributed by atoms with Crippen LogP contribution in [0.1, 0.15) is 10.4 Å². The van der Waals surface area contributed by atoms with Gasteiger partial charge in [0.15, 0.2) is 0 Å². The van der Waals surface area contributed by atoms with Crippen LogP contribution in [0.5, 0.6) is 17.5 Å². The van der Waals surface area contributed by atoms with Gasteiger partial charge in [0.05, 0.1) is 4.88 Å². The smallest absolute Gasteiger partial charge is 0.307 e. The van der Waals surface area contributed by atoms with E-state index in [4.69, 9.17) is 4.74 Å². The zero-order valence-electron chi connectivity index (χ0n) is 13.1. The van der Waals surface area contributed by atoms with Gasteiger partial charge in [-0.3, -0.25) is 9.78 Å². The first-order valence-corrected chi connectivity index (χ1v) is 8.51. The van der Waals surface area contributed by atoms with Crippen molar-refractivity contribution in [1.82, 2.24) is 9.97 Å². The van der Waals surface area contributed by atoms with Gasteiger partial charge in [0.1, 0.15) is 5.75 Å². The second kappa shape index (κ2) is 6.41. The maximum atomic E-state index is 11.2. The van der Waals surface area contributed by atoms with Crippen LogP contribution in [-0.2, 0) is 6.42 Å². The first-order chi connectivity index (χ1) is 12.2. The zero-order valence-corrected chi connectivity index (χ0v) is 13.9. The first-order valence-electron chi connectivity index (χ1n) is 7.70. The summed E-state index contributed by atoms with van der Waals surface area (Å²) in [7, 11) is 0. The predicted octanol–water partition coefficient (Wildman–Crippen LogP) is 4.07. The molecule has 0 saturated carbocycles. The molecular weight excluding hydrogens is 336 g/mol. The minimum Gasteiger partial charge on any atom is -0.494 e. The summed E-state index contributed by atoms with van der Waals surface area (Å²) in [6.45, 7) is 0. The van der Waals surface area contributed by atoms with Gasteiger partial charge >= 0.3 is 4.87 Å². The lowest BCUT2D eigenvalue weighted by Crippen LogP contribution is -1.90. The highest BCUT2D eigenvalue weighted by molar-refractivity contribution is 7.09. The van der Waals surface area contributed by atoms with Gasteiger partial charge in [0, 0.05) is 24.1 Å². The van der Waals surface area contributed by atoms with E-state index in [0.29, 0.717) is 22.9 Å². The average molecular weight is 350 g/mol. The highest BCUT2D eigenvalue weighted by atomic mass is 32.1. The van der Waals surface area contributed by atoms with E-state index in [1.165, 1.54) is 0 Å². The van der Waals surface area contributed by atoms with Crippen LogP contribution in [0.4, 0.5) is 0 Å². The molecule has 4 aromatic rings. The molecule has 6 heteroatoms. The lowest BCUT2D eigenvalue weighted by Gasteiger charge is -2.07. The Morgan fingerprint density at radius 1 is 1.08 bits per heavy atom. The van der Waals surface area contributed by atoms with Crippen molar-refractivity contribution in [1.29, 1.82) is 0 Å². The van der Waals surface area contributed by atoms with Crippen LogP contribution in [-0.4, -0.2) is 15.1 Å². The highest BCUT2D eigenvalue weighted by Gasteiger charge is 2.08. The van der Waals surface area contributed by atoms with E-state index < -0.39 is 0 Å². The quantitative estimate of drug-likeness (QED) is 0.582. The summed E-state index contributed by atoms with van der Waals surface area (Å²) in [4.78, 5) is 18.3. The SMILES string of the molecule is O=c1[nH]c(O)c(Cc2ccc(Oc3cc4ccccc4cn3)cc2)s1. The zero-order chi connectivity index (χ0) is 17.2. The molecule has 0 saturated heterocycles. The molecule has 4 rings (SSSR count). The van der Waals surface area contributed by atoms with Crippen molar-refractivity contribution in [3.8, 4) is 17.5 Å². The van der Waals surface area contributed by atoms with Gasteiger partial charge in [0.2, 0.25) is 11.8 Å². The molecule has 2 aromatic heterocycles. The van der Waals surface area contributed by atoms with Crippen LogP contribution in [0, 0.1) is 0 Å². The number of thiazole rings is 1. The van der Waals surface area contributed by atoms with Crippen LogP contribution in [0.2, 0.25) is 0 Å². The van der Waals surface area contributed by atoms with Gasteiger partial charge < -0.3 is 9.84 Å². The Labute approximate surface area is 147 Å². The summed E-state index contributed by atoms with van der Waals surface area (Å²) in [6, 6.07) is 17.4. The van der Waals surface area contributed by atoms with Crippen LogP contribution < -0.4 is 9.61 Å². The van der Waals surface area contributed by atoms with Crippen molar-refractivity contribution in [2.75, 3.05) is 0 Å². The van der Waals surface area contributed by atoms with Crippen LogP contribution in [0.15, 0.2) is 65.6 Å². The standard InChI is InChI=1S/C19H14N2O3S/c22-18-16(25-19(23)21-18)9-12-5-7-15(8-6-12)24-17-10-13-3-1-2-4-14(13)11-20-17/h1-8,10-11,22H,9H2,(H,21,23). The van der Waals surface area contributed by atoms with E-state index in [1.54, 1.807) is 6.20 Å². The largest absolute Gasteiger partial charge is 0.494 e. The number of aromatic amines is 1. The lowest BCUT2D eigenvalue weighted by molar-refractivity contribution is 0.451. The van der Waals surface area contributed by atoms with Crippen LogP contribution in [0.3, 0.4) is 0 Å². The fourth-order valence-corrected chi connectivity index (χ4v) is 3.33. The lowest BCUT2D eigenvalue weighted by atomic mass is 10.1. The van der Waals surface area contributed by atoms with Gasteiger partial charge in [-0.05, 0) is 23.1 Å². The fourth-order valence-electron chi connectivity index (χ4n) is 2.57. The molecular formula is C19H14N2O3S. The highest BCUT2D eigenvalue weighted by Crippen LogP contribution is 2.25. The average Bonchev–Trinajstić information content (AvgIpc) is 2.94. The molecule has 0 aliphatic carbocycles. The first kappa shape index (κ1) is 15.4. The summed E-state index contributed by atoms with van der Waals surface area (Å²) >= 11 is 1.01. The molecule has 2 N–H and O–H groups in total. The van der Waals surface area contributed by atoms with Crippen LogP contribution in [0.25, 0.3) is 10.8 Å². The van der Waals surface area contributed by atoms with E-state index >= 15 is 0 Å². The van der Waals surface area contributed by atoms with E-state index in [-0.39, 0.29) is 10.8 Å². The van der Waals surface area contributed by atoms with Crippen molar-refractivity contribution in [2.24, 2.45) is 0 Å². The van der Waals surface area contributed by atoms with Crippen molar-refractivity contribution in [2.45, 2.75) is 6.42 Å². The molecule has 124 valence electrons. The summed E-state index contributed by atoms with van der Waals surface area (Å²) < 4.78 is 5.81. The Bertz CT molecular complexity index is 1080. The number of nitrogens with one attached hydrogen (secondary N) is 1. The molecule has 25 heavy (non-hydrogen) atoms. The van der Waals surface area contributed by atoms with Crippen molar-refractivity contribution in [3.05, 3.63) is 80.9 Å². The number of rotatable bonds is 4. The van der Waals surface area contributed by atoms with Gasteiger partial charge in [-0.2, -0.15) is 0 Å². The van der Waals surface area contributed by atoms with E-state index in [9.17, 15) is 9.90 Å². The van der Waals surface area contributed by atoms with E-state index in [2.05, 4.69) is 9.97 Å². The Balaban J connectivity index is 1.51. The number of hydrogen-bond donors (Lipinski definition) is 2. The molecule has 0 aliphatic rings. The van der Waals surface area contributed by atoms with Crippen molar-refractivity contribution in [3.63, 3.8) is 0 Å². The maximum Gasteiger partial charge on any atom is 0.307 e. The Kier molecular flexibility index (Phi) is 3.95. The number of nitrogens with zero attached hydrogens (tertiary/aromatic N) is 1. The minimum atomic E-state index is -0.255. The van der Waals surface area contributed by atoms with E-state index in [1.807, 2.05) is 54.6 Å².